The Morgan fingerprint density at radius 2 is 1.62 bits per heavy atom. The molecule has 0 unspecified atom stereocenters. The Hall–Kier alpha value is -2.37. The largest absolute Gasteiger partial charge is 0.423 e. The second-order valence-corrected chi connectivity index (χ2v) is 6.04. The van der Waals surface area contributed by atoms with E-state index in [0.717, 1.165) is 4.90 Å². The number of hydrogen-bond donors (Lipinski definition) is 0. The van der Waals surface area contributed by atoms with Crippen molar-refractivity contribution in [1.29, 1.82) is 0 Å². The number of esters is 1. The van der Waals surface area contributed by atoms with Gasteiger partial charge in [-0.3, -0.25) is 14.5 Å². The standard InChI is InChI=1S/C17H11Cl2NO4/c1-9(17(23)24-14-8-10(18)6-7-13(14)19)20-15(21)11-4-2-3-5-12(11)16(20)22/h2-9H,1H3/t9-/m0/s1. The molecule has 2 aromatic rings. The summed E-state index contributed by atoms with van der Waals surface area (Å²) in [5, 5.41) is 0.540. The van der Waals surface area contributed by atoms with Gasteiger partial charge in [0.25, 0.3) is 11.8 Å². The maximum Gasteiger partial charge on any atom is 0.334 e. The van der Waals surface area contributed by atoms with Gasteiger partial charge in [-0.05, 0) is 31.2 Å². The molecule has 7 heteroatoms. The van der Waals surface area contributed by atoms with Crippen LogP contribution in [0, 0.1) is 0 Å². The van der Waals surface area contributed by atoms with Crippen molar-refractivity contribution in [3.05, 3.63) is 63.6 Å². The normalized spacial score (nSPS) is 14.5. The van der Waals surface area contributed by atoms with E-state index in [9.17, 15) is 14.4 Å². The van der Waals surface area contributed by atoms with E-state index in [1.54, 1.807) is 30.3 Å². The van der Waals surface area contributed by atoms with E-state index in [0.29, 0.717) is 5.02 Å². The summed E-state index contributed by atoms with van der Waals surface area (Å²) in [7, 11) is 0. The second-order valence-electron chi connectivity index (χ2n) is 5.20. The van der Waals surface area contributed by atoms with Crippen LogP contribution in [-0.2, 0) is 4.79 Å². The summed E-state index contributed by atoms with van der Waals surface area (Å²) in [6, 6.07) is 9.71. The van der Waals surface area contributed by atoms with Crippen LogP contribution in [0.1, 0.15) is 27.6 Å². The third-order valence-corrected chi connectivity index (χ3v) is 4.21. The molecule has 5 nitrogen and oxygen atoms in total. The monoisotopic (exact) mass is 363 g/mol. The van der Waals surface area contributed by atoms with E-state index < -0.39 is 23.8 Å². The van der Waals surface area contributed by atoms with E-state index in [-0.39, 0.29) is 21.9 Å². The molecule has 3 rings (SSSR count). The molecule has 0 aliphatic carbocycles. The number of nitrogens with zero attached hydrogens (tertiary/aromatic N) is 1. The lowest BCUT2D eigenvalue weighted by atomic mass is 10.1. The third-order valence-electron chi connectivity index (χ3n) is 3.66. The van der Waals surface area contributed by atoms with Crippen molar-refractivity contribution in [1.82, 2.24) is 4.90 Å². The summed E-state index contributed by atoms with van der Waals surface area (Å²) < 4.78 is 5.19. The van der Waals surface area contributed by atoms with Crippen molar-refractivity contribution < 1.29 is 19.1 Å². The molecular formula is C17H11Cl2NO4. The molecule has 1 atom stereocenters. The smallest absolute Gasteiger partial charge is 0.334 e. The third kappa shape index (κ3) is 2.77. The SMILES string of the molecule is C[C@@H](C(=O)Oc1cc(Cl)ccc1Cl)N1C(=O)c2ccccc2C1=O. The lowest BCUT2D eigenvalue weighted by Crippen LogP contribution is -2.44. The van der Waals surface area contributed by atoms with Gasteiger partial charge < -0.3 is 4.74 Å². The number of ether oxygens (including phenoxy) is 1. The zero-order valence-electron chi connectivity index (χ0n) is 12.5. The highest BCUT2D eigenvalue weighted by Crippen LogP contribution is 2.29. The van der Waals surface area contributed by atoms with Crippen LogP contribution >= 0.6 is 23.2 Å². The molecule has 0 aromatic heterocycles. The number of rotatable bonds is 3. The van der Waals surface area contributed by atoms with Crippen LogP contribution in [0.4, 0.5) is 0 Å². The summed E-state index contributed by atoms with van der Waals surface area (Å²) in [6.07, 6.45) is 0. The van der Waals surface area contributed by atoms with Crippen molar-refractivity contribution in [2.45, 2.75) is 13.0 Å². The molecule has 0 saturated heterocycles. The van der Waals surface area contributed by atoms with E-state index in [1.165, 1.54) is 19.1 Å². The number of fused-ring (bicyclic) bond motifs is 1. The molecule has 1 aliphatic rings. The van der Waals surface area contributed by atoms with E-state index >= 15 is 0 Å². The van der Waals surface area contributed by atoms with Crippen LogP contribution < -0.4 is 4.74 Å². The molecule has 2 amide bonds. The molecule has 0 bridgehead atoms. The Morgan fingerprint density at radius 1 is 1.04 bits per heavy atom. The molecule has 0 saturated carbocycles. The predicted molar refractivity (Wildman–Crippen MR) is 88.5 cm³/mol. The maximum atomic E-state index is 12.4. The summed E-state index contributed by atoms with van der Waals surface area (Å²) in [4.78, 5) is 38.0. The fraction of sp³-hybridized carbons (Fsp3) is 0.118. The molecule has 1 heterocycles. The van der Waals surface area contributed by atoms with Gasteiger partial charge in [-0.2, -0.15) is 0 Å². The van der Waals surface area contributed by atoms with Gasteiger partial charge in [0.05, 0.1) is 16.1 Å². The highest BCUT2D eigenvalue weighted by atomic mass is 35.5. The van der Waals surface area contributed by atoms with E-state index in [1.807, 2.05) is 0 Å². The summed E-state index contributed by atoms with van der Waals surface area (Å²) in [5.74, 6) is -1.78. The van der Waals surface area contributed by atoms with Crippen molar-refractivity contribution in [3.8, 4) is 5.75 Å². The van der Waals surface area contributed by atoms with Gasteiger partial charge in [0.15, 0.2) is 5.75 Å². The minimum atomic E-state index is -1.10. The zero-order chi connectivity index (χ0) is 17.4. The summed E-state index contributed by atoms with van der Waals surface area (Å²) >= 11 is 11.8. The second kappa shape index (κ2) is 6.26. The number of carbonyl (C=O) groups excluding carboxylic acids is 3. The fourth-order valence-corrected chi connectivity index (χ4v) is 2.73. The summed E-state index contributed by atoms with van der Waals surface area (Å²) in [5.41, 5.74) is 0.533. The van der Waals surface area contributed by atoms with Gasteiger partial charge in [0, 0.05) is 11.1 Å². The Balaban J connectivity index is 1.83. The minimum absolute atomic E-state index is 0.0672. The van der Waals surface area contributed by atoms with Crippen LogP contribution in [-0.4, -0.2) is 28.7 Å². The highest BCUT2D eigenvalue weighted by molar-refractivity contribution is 6.34. The van der Waals surface area contributed by atoms with Gasteiger partial charge in [-0.1, -0.05) is 35.3 Å². The average molecular weight is 364 g/mol. The molecule has 1 aliphatic heterocycles. The first kappa shape index (κ1) is 16.5. The van der Waals surface area contributed by atoms with Crippen molar-refractivity contribution in [2.24, 2.45) is 0 Å². The fourth-order valence-electron chi connectivity index (χ4n) is 2.41. The van der Waals surface area contributed by atoms with Crippen molar-refractivity contribution in [3.63, 3.8) is 0 Å². The lowest BCUT2D eigenvalue weighted by molar-refractivity contribution is -0.138. The lowest BCUT2D eigenvalue weighted by Gasteiger charge is -2.21. The Morgan fingerprint density at radius 3 is 2.21 bits per heavy atom. The molecule has 2 aromatic carbocycles. The predicted octanol–water partition coefficient (Wildman–Crippen LogP) is 3.58. The van der Waals surface area contributed by atoms with Gasteiger partial charge in [0.2, 0.25) is 0 Å². The Labute approximate surface area is 147 Å². The van der Waals surface area contributed by atoms with Gasteiger partial charge in [0.1, 0.15) is 6.04 Å². The van der Waals surface area contributed by atoms with E-state index in [2.05, 4.69) is 0 Å². The average Bonchev–Trinajstić information content (AvgIpc) is 2.82. The molecule has 0 spiro atoms. The van der Waals surface area contributed by atoms with Crippen LogP contribution in [0.3, 0.4) is 0 Å². The number of carbonyl (C=O) groups is 3. The zero-order valence-corrected chi connectivity index (χ0v) is 14.0. The molecular weight excluding hydrogens is 353 g/mol. The molecule has 0 radical (unpaired) electrons. The number of amides is 2. The van der Waals surface area contributed by atoms with Crippen LogP contribution in [0.15, 0.2) is 42.5 Å². The van der Waals surface area contributed by atoms with Crippen LogP contribution in [0.25, 0.3) is 0 Å². The van der Waals surface area contributed by atoms with Crippen molar-refractivity contribution >= 4 is 41.0 Å². The minimum Gasteiger partial charge on any atom is -0.423 e. The summed E-state index contributed by atoms with van der Waals surface area (Å²) in [6.45, 7) is 1.42. The highest BCUT2D eigenvalue weighted by Gasteiger charge is 2.41. The molecule has 0 N–H and O–H groups in total. The number of hydrogen-bond acceptors (Lipinski definition) is 4. The van der Waals surface area contributed by atoms with Gasteiger partial charge >= 0.3 is 5.97 Å². The number of benzene rings is 2. The first-order valence-electron chi connectivity index (χ1n) is 7.04. The quantitative estimate of drug-likeness (QED) is 0.474. The van der Waals surface area contributed by atoms with Crippen LogP contribution in [0.2, 0.25) is 10.0 Å². The molecule has 24 heavy (non-hydrogen) atoms. The van der Waals surface area contributed by atoms with Gasteiger partial charge in [-0.15, -0.1) is 0 Å². The number of halogens is 2. The maximum absolute atomic E-state index is 12.4. The molecule has 122 valence electrons. The first-order chi connectivity index (χ1) is 11.4. The topological polar surface area (TPSA) is 63.7 Å². The Bertz CT molecular complexity index is 830. The number of imide groups is 1. The van der Waals surface area contributed by atoms with Crippen molar-refractivity contribution in [2.75, 3.05) is 0 Å². The molecule has 0 fully saturated rings. The van der Waals surface area contributed by atoms with Crippen LogP contribution in [0.5, 0.6) is 5.75 Å². The Kier molecular flexibility index (Phi) is 4.30. The van der Waals surface area contributed by atoms with E-state index in [4.69, 9.17) is 27.9 Å². The first-order valence-corrected chi connectivity index (χ1v) is 7.79. The van der Waals surface area contributed by atoms with Gasteiger partial charge in [-0.25, -0.2) is 4.79 Å².